The Morgan fingerprint density at radius 2 is 1.69 bits per heavy atom. The van der Waals surface area contributed by atoms with Crippen molar-refractivity contribution in [2.75, 3.05) is 13.6 Å². The standard InChI is InChI=1S/C22H24F4N2O3S/c1-14(2)21(29)28-11-10-15-6-9-19(12-17(15)13-28)32(30,31)27(3)20(22(24,25)26)16-4-7-18(23)8-5-16/h4-9,12,14,20H,10-11,13H2,1-3H3. The molecule has 1 unspecified atom stereocenters. The fourth-order valence-electron chi connectivity index (χ4n) is 3.80. The molecule has 1 heterocycles. The third-order valence-electron chi connectivity index (χ3n) is 5.53. The lowest BCUT2D eigenvalue weighted by Crippen LogP contribution is -2.40. The minimum atomic E-state index is -4.92. The molecule has 0 saturated heterocycles. The lowest BCUT2D eigenvalue weighted by molar-refractivity contribution is -0.171. The molecular formula is C22H24F4N2O3S. The van der Waals surface area contributed by atoms with Crippen molar-refractivity contribution in [3.05, 3.63) is 65.0 Å². The van der Waals surface area contributed by atoms with E-state index in [0.29, 0.717) is 18.5 Å². The van der Waals surface area contributed by atoms with E-state index in [1.807, 2.05) is 0 Å². The number of fused-ring (bicyclic) bond motifs is 1. The van der Waals surface area contributed by atoms with E-state index in [1.54, 1.807) is 24.8 Å². The second-order valence-corrected chi connectivity index (χ2v) is 10.1. The number of halogens is 4. The number of alkyl halides is 3. The van der Waals surface area contributed by atoms with Crippen LogP contribution >= 0.6 is 0 Å². The van der Waals surface area contributed by atoms with Crippen molar-refractivity contribution in [3.63, 3.8) is 0 Å². The third-order valence-corrected chi connectivity index (χ3v) is 7.35. The molecule has 0 radical (unpaired) electrons. The predicted molar refractivity (Wildman–Crippen MR) is 111 cm³/mol. The summed E-state index contributed by atoms with van der Waals surface area (Å²) in [6.45, 7) is 4.22. The maximum absolute atomic E-state index is 13.8. The number of rotatable bonds is 5. The first-order chi connectivity index (χ1) is 14.8. The molecule has 2 aromatic rings. The monoisotopic (exact) mass is 472 g/mol. The maximum Gasteiger partial charge on any atom is 0.409 e. The van der Waals surface area contributed by atoms with Crippen molar-refractivity contribution < 1.29 is 30.8 Å². The molecule has 174 valence electrons. The Morgan fingerprint density at radius 1 is 1.06 bits per heavy atom. The summed E-state index contributed by atoms with van der Waals surface area (Å²) in [4.78, 5) is 13.6. The van der Waals surface area contributed by atoms with Gasteiger partial charge in [0.1, 0.15) is 11.9 Å². The van der Waals surface area contributed by atoms with Crippen LogP contribution < -0.4 is 0 Å². The van der Waals surface area contributed by atoms with Crippen LogP contribution in [-0.2, 0) is 27.8 Å². The summed E-state index contributed by atoms with van der Waals surface area (Å²) in [6, 6.07) is 5.25. The van der Waals surface area contributed by atoms with Crippen LogP contribution in [0.25, 0.3) is 0 Å². The van der Waals surface area contributed by atoms with Gasteiger partial charge in [-0.05, 0) is 47.4 Å². The Morgan fingerprint density at radius 3 is 2.25 bits per heavy atom. The van der Waals surface area contributed by atoms with Gasteiger partial charge in [0.15, 0.2) is 0 Å². The van der Waals surface area contributed by atoms with Gasteiger partial charge in [0.25, 0.3) is 0 Å². The van der Waals surface area contributed by atoms with E-state index in [1.165, 1.54) is 12.1 Å². The number of carbonyl (C=O) groups excluding carboxylic acids is 1. The Kier molecular flexibility index (Phi) is 6.67. The molecule has 1 amide bonds. The predicted octanol–water partition coefficient (Wildman–Crippen LogP) is 4.29. The molecule has 0 spiro atoms. The van der Waals surface area contributed by atoms with Crippen LogP contribution in [0.3, 0.4) is 0 Å². The second-order valence-electron chi connectivity index (χ2n) is 8.11. The van der Waals surface area contributed by atoms with E-state index in [-0.39, 0.29) is 27.6 Å². The summed E-state index contributed by atoms with van der Waals surface area (Å²) in [6.07, 6.45) is -4.39. The normalized spacial score (nSPS) is 15.7. The average molecular weight is 473 g/mol. The number of nitrogens with zero attached hydrogens (tertiary/aromatic N) is 2. The molecule has 0 saturated carbocycles. The van der Waals surface area contributed by atoms with Crippen LogP contribution in [0, 0.1) is 11.7 Å². The van der Waals surface area contributed by atoms with Crippen LogP contribution in [-0.4, -0.2) is 43.3 Å². The van der Waals surface area contributed by atoms with Crippen molar-refractivity contribution in [1.29, 1.82) is 0 Å². The highest BCUT2D eigenvalue weighted by Crippen LogP contribution is 2.40. The topological polar surface area (TPSA) is 57.7 Å². The molecule has 1 aliphatic rings. The molecule has 0 bridgehead atoms. The molecule has 0 N–H and O–H groups in total. The van der Waals surface area contributed by atoms with E-state index >= 15 is 0 Å². The Hall–Kier alpha value is -2.46. The van der Waals surface area contributed by atoms with Crippen LogP contribution in [0.2, 0.25) is 0 Å². The van der Waals surface area contributed by atoms with Gasteiger partial charge in [-0.3, -0.25) is 4.79 Å². The molecule has 2 aromatic carbocycles. The summed E-state index contributed by atoms with van der Waals surface area (Å²) in [5.74, 6) is -1.03. The van der Waals surface area contributed by atoms with Crippen LogP contribution in [0.15, 0.2) is 47.4 Å². The van der Waals surface area contributed by atoms with Gasteiger partial charge in [-0.1, -0.05) is 32.0 Å². The van der Waals surface area contributed by atoms with Crippen molar-refractivity contribution in [2.45, 2.75) is 43.9 Å². The highest BCUT2D eigenvalue weighted by molar-refractivity contribution is 7.89. The zero-order chi connectivity index (χ0) is 23.8. The highest BCUT2D eigenvalue weighted by atomic mass is 32.2. The van der Waals surface area contributed by atoms with Crippen LogP contribution in [0.4, 0.5) is 17.6 Å². The zero-order valence-corrected chi connectivity index (χ0v) is 18.7. The largest absolute Gasteiger partial charge is 0.409 e. The van der Waals surface area contributed by atoms with E-state index in [2.05, 4.69) is 0 Å². The fourth-order valence-corrected chi connectivity index (χ4v) is 5.18. The average Bonchev–Trinajstić information content (AvgIpc) is 2.72. The zero-order valence-electron chi connectivity index (χ0n) is 17.9. The fraction of sp³-hybridized carbons (Fsp3) is 0.409. The van der Waals surface area contributed by atoms with E-state index in [0.717, 1.165) is 36.9 Å². The van der Waals surface area contributed by atoms with Gasteiger partial charge in [0.05, 0.1) is 4.90 Å². The Labute approximate surface area is 184 Å². The number of sulfonamides is 1. The van der Waals surface area contributed by atoms with Gasteiger partial charge < -0.3 is 4.90 Å². The molecule has 5 nitrogen and oxygen atoms in total. The maximum atomic E-state index is 13.8. The third kappa shape index (κ3) is 4.80. The van der Waals surface area contributed by atoms with Crippen molar-refractivity contribution in [1.82, 2.24) is 9.21 Å². The number of carbonyl (C=O) groups is 1. The minimum absolute atomic E-state index is 0.0746. The molecule has 32 heavy (non-hydrogen) atoms. The van der Waals surface area contributed by atoms with Crippen molar-refractivity contribution >= 4 is 15.9 Å². The first-order valence-electron chi connectivity index (χ1n) is 10.0. The molecule has 10 heteroatoms. The van der Waals surface area contributed by atoms with E-state index in [4.69, 9.17) is 0 Å². The van der Waals surface area contributed by atoms with Gasteiger partial charge in [-0.2, -0.15) is 17.5 Å². The van der Waals surface area contributed by atoms with Gasteiger partial charge in [0.2, 0.25) is 15.9 Å². The van der Waals surface area contributed by atoms with Gasteiger partial charge >= 0.3 is 6.18 Å². The Balaban J connectivity index is 1.97. The molecule has 1 atom stereocenters. The smallest absolute Gasteiger partial charge is 0.338 e. The number of benzene rings is 2. The first-order valence-corrected chi connectivity index (χ1v) is 11.5. The lowest BCUT2D eigenvalue weighted by Gasteiger charge is -2.32. The van der Waals surface area contributed by atoms with Crippen molar-refractivity contribution in [2.24, 2.45) is 5.92 Å². The number of hydrogen-bond acceptors (Lipinski definition) is 3. The van der Waals surface area contributed by atoms with Crippen LogP contribution in [0.5, 0.6) is 0 Å². The first kappa shape index (κ1) is 24.2. The molecule has 1 aliphatic heterocycles. The summed E-state index contributed by atoms with van der Waals surface area (Å²) < 4.78 is 81.3. The van der Waals surface area contributed by atoms with Gasteiger partial charge in [-0.15, -0.1) is 0 Å². The SMILES string of the molecule is CC(C)C(=O)N1CCc2ccc(S(=O)(=O)N(C)C(c3ccc(F)cc3)C(F)(F)F)cc2C1. The second kappa shape index (κ2) is 8.82. The number of amides is 1. The van der Waals surface area contributed by atoms with Gasteiger partial charge in [0, 0.05) is 26.1 Å². The molecular weight excluding hydrogens is 448 g/mol. The molecule has 3 rings (SSSR count). The van der Waals surface area contributed by atoms with Crippen LogP contribution in [0.1, 0.15) is 36.6 Å². The summed E-state index contributed by atoms with van der Waals surface area (Å²) >= 11 is 0. The minimum Gasteiger partial charge on any atom is -0.338 e. The quantitative estimate of drug-likeness (QED) is 0.610. The lowest BCUT2D eigenvalue weighted by atomic mass is 9.99. The number of hydrogen-bond donors (Lipinski definition) is 0. The summed E-state index contributed by atoms with van der Waals surface area (Å²) in [5, 5.41) is 0. The highest BCUT2D eigenvalue weighted by Gasteiger charge is 2.47. The summed E-state index contributed by atoms with van der Waals surface area (Å²) in [7, 11) is -3.70. The van der Waals surface area contributed by atoms with Crippen molar-refractivity contribution in [3.8, 4) is 0 Å². The molecule has 0 aliphatic carbocycles. The van der Waals surface area contributed by atoms with E-state index in [9.17, 15) is 30.8 Å². The Bertz CT molecular complexity index is 1100. The summed E-state index contributed by atoms with van der Waals surface area (Å²) in [5.41, 5.74) is 1.05. The van der Waals surface area contributed by atoms with Gasteiger partial charge in [-0.25, -0.2) is 12.8 Å². The van der Waals surface area contributed by atoms with E-state index < -0.39 is 33.6 Å². The molecule has 0 aromatic heterocycles. The molecule has 0 fully saturated rings.